The average Bonchev–Trinajstić information content (AvgIpc) is 2.89. The van der Waals surface area contributed by atoms with Crippen LogP contribution in [-0.4, -0.2) is 37.7 Å². The maximum atomic E-state index is 11.8. The second-order valence-corrected chi connectivity index (χ2v) is 4.12. The summed E-state index contributed by atoms with van der Waals surface area (Å²) in [6, 6.07) is 3.55. The van der Waals surface area contributed by atoms with Crippen molar-refractivity contribution in [3.05, 3.63) is 23.9 Å². The van der Waals surface area contributed by atoms with Crippen LogP contribution in [0.3, 0.4) is 0 Å². The molecular formula is C12H17N3O2. The van der Waals surface area contributed by atoms with Gasteiger partial charge in [0.2, 0.25) is 0 Å². The van der Waals surface area contributed by atoms with Gasteiger partial charge in [-0.05, 0) is 18.6 Å². The van der Waals surface area contributed by atoms with E-state index in [9.17, 15) is 4.79 Å². The molecule has 17 heavy (non-hydrogen) atoms. The first-order chi connectivity index (χ1) is 8.29. The van der Waals surface area contributed by atoms with Gasteiger partial charge in [-0.15, -0.1) is 0 Å². The van der Waals surface area contributed by atoms with Gasteiger partial charge in [-0.2, -0.15) is 0 Å². The molecule has 0 aromatic carbocycles. The quantitative estimate of drug-likeness (QED) is 0.813. The summed E-state index contributed by atoms with van der Waals surface area (Å²) in [5.74, 6) is 1.13. The van der Waals surface area contributed by atoms with Crippen molar-refractivity contribution in [2.45, 2.75) is 6.42 Å². The number of pyridine rings is 1. The minimum absolute atomic E-state index is 0.0768. The molecule has 5 heteroatoms. The Kier molecular flexibility index (Phi) is 3.93. The third-order valence-electron chi connectivity index (χ3n) is 2.86. The van der Waals surface area contributed by atoms with E-state index in [-0.39, 0.29) is 5.91 Å². The molecule has 0 bridgehead atoms. The molecule has 1 amide bonds. The first-order valence-corrected chi connectivity index (χ1v) is 5.79. The van der Waals surface area contributed by atoms with Gasteiger partial charge in [0.15, 0.2) is 0 Å². The van der Waals surface area contributed by atoms with Gasteiger partial charge >= 0.3 is 0 Å². The molecule has 0 radical (unpaired) electrons. The molecule has 0 saturated carbocycles. The summed E-state index contributed by atoms with van der Waals surface area (Å²) >= 11 is 0. The normalized spacial score (nSPS) is 19.0. The van der Waals surface area contributed by atoms with Gasteiger partial charge in [-0.3, -0.25) is 4.79 Å². The summed E-state index contributed by atoms with van der Waals surface area (Å²) < 4.78 is 5.25. The Hall–Kier alpha value is -1.62. The molecular weight excluding hydrogens is 218 g/mol. The molecule has 2 heterocycles. The highest BCUT2D eigenvalue weighted by Gasteiger charge is 2.16. The molecule has 1 atom stereocenters. The van der Waals surface area contributed by atoms with E-state index in [1.54, 1.807) is 25.4 Å². The summed E-state index contributed by atoms with van der Waals surface area (Å²) in [4.78, 5) is 15.9. The fourth-order valence-corrected chi connectivity index (χ4v) is 1.76. The minimum Gasteiger partial charge on any atom is -0.381 e. The molecule has 1 saturated heterocycles. The van der Waals surface area contributed by atoms with Gasteiger partial charge in [-0.25, -0.2) is 4.98 Å². The molecule has 1 aromatic heterocycles. The van der Waals surface area contributed by atoms with Gasteiger partial charge in [0.25, 0.3) is 5.91 Å². The number of nitrogens with one attached hydrogen (secondary N) is 2. The third-order valence-corrected chi connectivity index (χ3v) is 2.86. The first kappa shape index (κ1) is 11.9. The molecule has 5 nitrogen and oxygen atoms in total. The van der Waals surface area contributed by atoms with Crippen LogP contribution in [0, 0.1) is 5.92 Å². The molecule has 1 aromatic rings. The maximum absolute atomic E-state index is 11.8. The number of hydrogen-bond acceptors (Lipinski definition) is 4. The predicted octanol–water partition coefficient (Wildman–Crippen LogP) is 0.890. The van der Waals surface area contributed by atoms with E-state index in [4.69, 9.17) is 4.74 Å². The number of rotatable bonds is 4. The van der Waals surface area contributed by atoms with E-state index < -0.39 is 0 Å². The number of aromatic nitrogens is 1. The van der Waals surface area contributed by atoms with Crippen molar-refractivity contribution in [2.24, 2.45) is 5.92 Å². The molecule has 2 N–H and O–H groups in total. The third kappa shape index (κ3) is 3.17. The molecule has 1 fully saturated rings. The molecule has 92 valence electrons. The summed E-state index contributed by atoms with van der Waals surface area (Å²) in [6.07, 6.45) is 2.60. The van der Waals surface area contributed by atoms with Crippen molar-refractivity contribution >= 4 is 11.7 Å². The van der Waals surface area contributed by atoms with Crippen LogP contribution in [0.4, 0.5) is 5.82 Å². The Labute approximate surface area is 101 Å². The number of hydrogen-bond donors (Lipinski definition) is 2. The Morgan fingerprint density at radius 3 is 3.06 bits per heavy atom. The fraction of sp³-hybridized carbons (Fsp3) is 0.500. The highest BCUT2D eigenvalue weighted by atomic mass is 16.5. The predicted molar refractivity (Wildman–Crippen MR) is 65.0 cm³/mol. The lowest BCUT2D eigenvalue weighted by molar-refractivity contribution is 0.0944. The Morgan fingerprint density at radius 2 is 2.47 bits per heavy atom. The average molecular weight is 235 g/mol. The summed E-state index contributed by atoms with van der Waals surface area (Å²) in [5, 5.41) is 5.81. The monoisotopic (exact) mass is 235 g/mol. The summed E-state index contributed by atoms with van der Waals surface area (Å²) in [5.41, 5.74) is 0.586. The van der Waals surface area contributed by atoms with Crippen LogP contribution >= 0.6 is 0 Å². The summed E-state index contributed by atoms with van der Waals surface area (Å²) in [6.45, 7) is 2.22. The SMILES string of the molecule is CNc1ccc(C(=O)NCC2CCOC2)cn1. The van der Waals surface area contributed by atoms with Crippen LogP contribution < -0.4 is 10.6 Å². The van der Waals surface area contributed by atoms with Crippen LogP contribution in [0.1, 0.15) is 16.8 Å². The van der Waals surface area contributed by atoms with Crippen molar-refractivity contribution < 1.29 is 9.53 Å². The molecule has 2 rings (SSSR count). The molecule has 0 aliphatic carbocycles. The highest BCUT2D eigenvalue weighted by molar-refractivity contribution is 5.94. The van der Waals surface area contributed by atoms with Crippen molar-refractivity contribution in [3.63, 3.8) is 0 Å². The lowest BCUT2D eigenvalue weighted by Gasteiger charge is -2.09. The summed E-state index contributed by atoms with van der Waals surface area (Å²) in [7, 11) is 1.79. The number of anilines is 1. The highest BCUT2D eigenvalue weighted by Crippen LogP contribution is 2.11. The Bertz CT molecular complexity index is 372. The zero-order chi connectivity index (χ0) is 12.1. The zero-order valence-corrected chi connectivity index (χ0v) is 9.90. The second kappa shape index (κ2) is 5.63. The molecule has 1 aliphatic rings. The van der Waals surface area contributed by atoms with Crippen molar-refractivity contribution in [1.29, 1.82) is 0 Å². The van der Waals surface area contributed by atoms with Crippen LogP contribution in [0.25, 0.3) is 0 Å². The van der Waals surface area contributed by atoms with Crippen LogP contribution in [-0.2, 0) is 4.74 Å². The number of ether oxygens (including phenoxy) is 1. The van der Waals surface area contributed by atoms with Crippen molar-refractivity contribution in [2.75, 3.05) is 32.1 Å². The van der Waals surface area contributed by atoms with Gasteiger partial charge in [0.1, 0.15) is 5.82 Å². The molecule has 1 aliphatic heterocycles. The van der Waals surface area contributed by atoms with Gasteiger partial charge in [-0.1, -0.05) is 0 Å². The van der Waals surface area contributed by atoms with E-state index in [0.29, 0.717) is 18.0 Å². The van der Waals surface area contributed by atoms with Crippen LogP contribution in [0.5, 0.6) is 0 Å². The molecule has 0 spiro atoms. The van der Waals surface area contributed by atoms with E-state index in [0.717, 1.165) is 25.5 Å². The number of amides is 1. The van der Waals surface area contributed by atoms with E-state index >= 15 is 0 Å². The number of carbonyl (C=O) groups excluding carboxylic acids is 1. The van der Waals surface area contributed by atoms with E-state index in [1.165, 1.54) is 0 Å². The Balaban J connectivity index is 1.85. The lowest BCUT2D eigenvalue weighted by atomic mass is 10.1. The zero-order valence-electron chi connectivity index (χ0n) is 9.90. The standard InChI is InChI=1S/C12H17N3O2/c1-13-11-3-2-10(7-14-11)12(16)15-6-9-4-5-17-8-9/h2-3,7,9H,4-6,8H2,1H3,(H,13,14)(H,15,16). The largest absolute Gasteiger partial charge is 0.381 e. The van der Waals surface area contributed by atoms with E-state index in [1.807, 2.05) is 0 Å². The number of nitrogens with zero attached hydrogens (tertiary/aromatic N) is 1. The van der Waals surface area contributed by atoms with Gasteiger partial charge < -0.3 is 15.4 Å². The number of carbonyl (C=O) groups is 1. The van der Waals surface area contributed by atoms with Gasteiger partial charge in [0, 0.05) is 32.3 Å². The van der Waals surface area contributed by atoms with Crippen molar-refractivity contribution in [1.82, 2.24) is 10.3 Å². The lowest BCUT2D eigenvalue weighted by Crippen LogP contribution is -2.29. The van der Waals surface area contributed by atoms with Gasteiger partial charge in [0.05, 0.1) is 12.2 Å². The smallest absolute Gasteiger partial charge is 0.252 e. The topological polar surface area (TPSA) is 63.2 Å². The fourth-order valence-electron chi connectivity index (χ4n) is 1.76. The van der Waals surface area contributed by atoms with Crippen molar-refractivity contribution in [3.8, 4) is 0 Å². The first-order valence-electron chi connectivity index (χ1n) is 5.79. The second-order valence-electron chi connectivity index (χ2n) is 4.12. The van der Waals surface area contributed by atoms with Crippen LogP contribution in [0.2, 0.25) is 0 Å². The van der Waals surface area contributed by atoms with E-state index in [2.05, 4.69) is 15.6 Å². The minimum atomic E-state index is -0.0768. The maximum Gasteiger partial charge on any atom is 0.252 e. The molecule has 1 unspecified atom stereocenters. The Morgan fingerprint density at radius 1 is 1.59 bits per heavy atom. The van der Waals surface area contributed by atoms with Crippen LogP contribution in [0.15, 0.2) is 18.3 Å².